The van der Waals surface area contributed by atoms with Crippen LogP contribution in [0.1, 0.15) is 20.8 Å². The van der Waals surface area contributed by atoms with Gasteiger partial charge >= 0.3 is 0 Å². The maximum absolute atomic E-state index is 12.7. The van der Waals surface area contributed by atoms with E-state index in [1.165, 1.54) is 6.07 Å². The Morgan fingerprint density at radius 1 is 1.29 bits per heavy atom. The zero-order valence-corrected chi connectivity index (χ0v) is 17.2. The Bertz CT molecular complexity index is 987. The number of carbonyl (C=O) groups is 2. The number of hydrogen-bond donors (Lipinski definition) is 3. The molecule has 0 aliphatic carbocycles. The van der Waals surface area contributed by atoms with Crippen molar-refractivity contribution < 1.29 is 22.7 Å². The van der Waals surface area contributed by atoms with Crippen LogP contribution in [0.5, 0.6) is 5.75 Å². The monoisotopic (exact) mass is 423 g/mol. The van der Waals surface area contributed by atoms with Crippen LogP contribution in [0.4, 0.5) is 11.4 Å². The highest BCUT2D eigenvalue weighted by Gasteiger charge is 2.29. The highest BCUT2D eigenvalue weighted by Crippen LogP contribution is 2.32. The van der Waals surface area contributed by atoms with E-state index in [0.29, 0.717) is 17.1 Å². The molecule has 2 amide bonds. The second-order valence-corrected chi connectivity index (χ2v) is 9.61. The molecular weight excluding hydrogens is 402 g/mol. The number of amides is 2. The summed E-state index contributed by atoms with van der Waals surface area (Å²) in [4.78, 5) is 24.5. The molecule has 0 spiro atoms. The highest BCUT2D eigenvalue weighted by molar-refractivity contribution is 7.91. The lowest BCUT2D eigenvalue weighted by molar-refractivity contribution is -0.122. The fourth-order valence-electron chi connectivity index (χ4n) is 2.64. The quantitative estimate of drug-likeness (QED) is 0.660. The molecule has 0 unspecified atom stereocenters. The summed E-state index contributed by atoms with van der Waals surface area (Å²) in [5.41, 5.74) is 0.865. The molecule has 1 aromatic carbocycles. The fourth-order valence-corrected chi connectivity index (χ4v) is 4.99. The van der Waals surface area contributed by atoms with Crippen molar-refractivity contribution in [2.24, 2.45) is 5.92 Å². The van der Waals surface area contributed by atoms with Crippen LogP contribution >= 0.6 is 11.3 Å². The molecule has 3 N–H and O–H groups in total. The van der Waals surface area contributed by atoms with Gasteiger partial charge < -0.3 is 15.4 Å². The van der Waals surface area contributed by atoms with Gasteiger partial charge in [-0.1, -0.05) is 19.9 Å². The van der Waals surface area contributed by atoms with Gasteiger partial charge in [0.2, 0.25) is 5.91 Å². The molecule has 150 valence electrons. The minimum atomic E-state index is -3.80. The van der Waals surface area contributed by atoms with E-state index in [9.17, 15) is 18.0 Å². The maximum Gasteiger partial charge on any atom is 0.265 e. The van der Waals surface area contributed by atoms with Gasteiger partial charge in [-0.15, -0.1) is 11.3 Å². The van der Waals surface area contributed by atoms with Crippen LogP contribution < -0.4 is 20.1 Å². The molecule has 1 aliphatic heterocycles. The summed E-state index contributed by atoms with van der Waals surface area (Å²) < 4.78 is 33.1. The Hall–Kier alpha value is -2.43. The van der Waals surface area contributed by atoms with Gasteiger partial charge in [-0.25, -0.2) is 8.42 Å². The van der Waals surface area contributed by atoms with Gasteiger partial charge in [0, 0.05) is 5.69 Å². The molecule has 0 fully saturated rings. The van der Waals surface area contributed by atoms with Gasteiger partial charge in [0.1, 0.15) is 16.0 Å². The average molecular weight is 424 g/mol. The first kappa shape index (κ1) is 20.3. The number of thiophene rings is 1. The van der Waals surface area contributed by atoms with Crippen molar-refractivity contribution in [3.05, 3.63) is 35.7 Å². The molecule has 10 heteroatoms. The van der Waals surface area contributed by atoms with Crippen molar-refractivity contribution in [3.8, 4) is 5.75 Å². The van der Waals surface area contributed by atoms with Crippen molar-refractivity contribution in [2.45, 2.75) is 37.1 Å². The van der Waals surface area contributed by atoms with E-state index in [4.69, 9.17) is 4.74 Å². The summed E-state index contributed by atoms with van der Waals surface area (Å²) in [6.07, 6.45) is -0.593. The summed E-state index contributed by atoms with van der Waals surface area (Å²) >= 11 is 1.08. The zero-order valence-electron chi connectivity index (χ0n) is 15.6. The number of sulfonamides is 1. The van der Waals surface area contributed by atoms with Crippen LogP contribution in [0, 0.1) is 5.92 Å². The lowest BCUT2D eigenvalue weighted by Crippen LogP contribution is -2.46. The van der Waals surface area contributed by atoms with Gasteiger partial charge in [-0.05, 0) is 42.5 Å². The first-order chi connectivity index (χ1) is 13.2. The molecule has 1 aromatic heterocycles. The maximum atomic E-state index is 12.7. The minimum Gasteiger partial charge on any atom is -0.479 e. The number of nitrogens with one attached hydrogen (secondary N) is 3. The molecule has 0 saturated heterocycles. The predicted octanol–water partition coefficient (Wildman–Crippen LogP) is 2.41. The Kier molecular flexibility index (Phi) is 5.73. The van der Waals surface area contributed by atoms with Crippen molar-refractivity contribution >= 4 is 44.5 Å². The molecule has 8 nitrogen and oxygen atoms in total. The molecule has 2 heterocycles. The van der Waals surface area contributed by atoms with Crippen LogP contribution in [-0.4, -0.2) is 32.4 Å². The number of ether oxygens (including phenoxy) is 1. The molecule has 0 radical (unpaired) electrons. The average Bonchev–Trinajstić information content (AvgIpc) is 3.16. The van der Waals surface area contributed by atoms with Gasteiger partial charge in [-0.2, -0.15) is 4.72 Å². The van der Waals surface area contributed by atoms with E-state index >= 15 is 0 Å². The van der Waals surface area contributed by atoms with Crippen LogP contribution in [-0.2, 0) is 19.6 Å². The van der Waals surface area contributed by atoms with Gasteiger partial charge in [0.15, 0.2) is 6.10 Å². The smallest absolute Gasteiger partial charge is 0.265 e. The van der Waals surface area contributed by atoms with Gasteiger partial charge in [0.25, 0.3) is 15.9 Å². The van der Waals surface area contributed by atoms with E-state index in [1.807, 2.05) is 0 Å². The van der Waals surface area contributed by atoms with Crippen LogP contribution in [0.3, 0.4) is 0 Å². The first-order valence-electron chi connectivity index (χ1n) is 8.65. The third kappa shape index (κ3) is 4.34. The largest absolute Gasteiger partial charge is 0.479 e. The zero-order chi connectivity index (χ0) is 20.5. The van der Waals surface area contributed by atoms with E-state index in [2.05, 4.69) is 15.4 Å². The van der Waals surface area contributed by atoms with Crippen molar-refractivity contribution in [1.29, 1.82) is 0 Å². The molecule has 0 saturated carbocycles. The van der Waals surface area contributed by atoms with Crippen molar-refractivity contribution in [2.75, 3.05) is 10.6 Å². The van der Waals surface area contributed by atoms with Crippen LogP contribution in [0.2, 0.25) is 0 Å². The normalized spacial score (nSPS) is 17.4. The predicted molar refractivity (Wildman–Crippen MR) is 107 cm³/mol. The number of fused-ring (bicyclic) bond motifs is 1. The summed E-state index contributed by atoms with van der Waals surface area (Å²) in [7, 11) is -3.80. The van der Waals surface area contributed by atoms with E-state index < -0.39 is 28.1 Å². The summed E-state index contributed by atoms with van der Waals surface area (Å²) in [6, 6.07) is 6.99. The molecule has 2 aromatic rings. The lowest BCUT2D eigenvalue weighted by atomic mass is 10.0. The van der Waals surface area contributed by atoms with Gasteiger partial charge in [-0.3, -0.25) is 9.59 Å². The first-order valence-corrected chi connectivity index (χ1v) is 11.0. The second kappa shape index (κ2) is 7.90. The second-order valence-electron chi connectivity index (χ2n) is 6.72. The Morgan fingerprint density at radius 3 is 2.68 bits per heavy atom. The number of benzene rings is 1. The SMILES string of the molecule is CC(C)[C@H](NS(=O)(=O)c1cccs1)C(=O)Nc1ccc2c(c1)NC(=O)[C@H](C)O2. The summed E-state index contributed by atoms with van der Waals surface area (Å²) in [5, 5.41) is 7.06. The molecule has 0 bridgehead atoms. The summed E-state index contributed by atoms with van der Waals surface area (Å²) in [6.45, 7) is 5.15. The third-order valence-corrected chi connectivity index (χ3v) is 7.01. The van der Waals surface area contributed by atoms with E-state index in [1.54, 1.807) is 50.4 Å². The standard InChI is InChI=1S/C18H21N3O5S2/c1-10(2)16(21-28(24,25)15-5-4-8-27-15)18(23)19-12-6-7-14-13(9-12)20-17(22)11(3)26-14/h4-11,16,21H,1-3H3,(H,19,23)(H,20,22)/t11-,16-/m0/s1. The number of hydrogen-bond acceptors (Lipinski definition) is 6. The number of anilines is 2. The Morgan fingerprint density at radius 2 is 2.04 bits per heavy atom. The molecule has 1 aliphatic rings. The van der Waals surface area contributed by atoms with Gasteiger partial charge in [0.05, 0.1) is 5.69 Å². The lowest BCUT2D eigenvalue weighted by Gasteiger charge is -2.24. The van der Waals surface area contributed by atoms with E-state index in [-0.39, 0.29) is 16.0 Å². The Balaban J connectivity index is 1.76. The molecule has 3 rings (SSSR count). The topological polar surface area (TPSA) is 114 Å². The van der Waals surface area contributed by atoms with Crippen molar-refractivity contribution in [1.82, 2.24) is 4.72 Å². The molecular formula is C18H21N3O5S2. The highest BCUT2D eigenvalue weighted by atomic mass is 32.2. The third-order valence-electron chi connectivity index (χ3n) is 4.17. The Labute approximate surface area is 167 Å². The molecule has 28 heavy (non-hydrogen) atoms. The fraction of sp³-hybridized carbons (Fsp3) is 0.333. The minimum absolute atomic E-state index is 0.147. The van der Waals surface area contributed by atoms with Crippen LogP contribution in [0.15, 0.2) is 39.9 Å². The van der Waals surface area contributed by atoms with E-state index in [0.717, 1.165) is 11.3 Å². The summed E-state index contributed by atoms with van der Waals surface area (Å²) in [5.74, 6) is -0.550. The van der Waals surface area contributed by atoms with Crippen LogP contribution in [0.25, 0.3) is 0 Å². The number of rotatable bonds is 6. The number of carbonyl (C=O) groups excluding carboxylic acids is 2. The van der Waals surface area contributed by atoms with Crippen molar-refractivity contribution in [3.63, 3.8) is 0 Å². The molecule has 2 atom stereocenters.